The Morgan fingerprint density at radius 1 is 0.362 bits per heavy atom. The molecule has 0 saturated heterocycles. The summed E-state index contributed by atoms with van der Waals surface area (Å²) in [6.07, 6.45) is 7.47. The van der Waals surface area contributed by atoms with Crippen molar-refractivity contribution in [1.29, 1.82) is 0 Å². The molecular weight excluding hydrogens is 888 g/mol. The van der Waals surface area contributed by atoms with Gasteiger partial charge in [0.25, 0.3) is 0 Å². The van der Waals surface area contributed by atoms with Crippen LogP contribution in [0, 0.1) is 12.1 Å². The van der Waals surface area contributed by atoms with Gasteiger partial charge in [-0.1, -0.05) is 155 Å². The van der Waals surface area contributed by atoms with E-state index in [1.165, 1.54) is 22.3 Å². The number of benzene rings is 6. The molecule has 0 amide bonds. The van der Waals surface area contributed by atoms with E-state index in [1.54, 1.807) is 0 Å². The van der Waals surface area contributed by atoms with Gasteiger partial charge in [0.15, 0.2) is 0 Å². The van der Waals surface area contributed by atoms with E-state index in [4.69, 9.17) is 19.9 Å². The smallest absolute Gasteiger partial charge is 0.305 e. The van der Waals surface area contributed by atoms with Crippen LogP contribution in [0.3, 0.4) is 0 Å². The minimum atomic E-state index is -0.821. The first-order valence-corrected chi connectivity index (χ1v) is 19.1. The van der Waals surface area contributed by atoms with Crippen molar-refractivity contribution >= 4 is 21.8 Å². The molecule has 0 bridgehead atoms. The van der Waals surface area contributed by atoms with Crippen LogP contribution in [0.4, 0.5) is 0 Å². The Hall–Kier alpha value is -6.87. The standard InChI is InChI=1S/C53H32N4.Pt/c1-3-13-35(14-4-1)37-23-27-54-49(31-37)45-33-41(29-39-17-11-25-56-51(39)45)53(47-21-9-7-19-43(47)44-20-8-10-22-48(44)53)42-30-40-18-12-26-57-52(40)46(34-42)50-32-38(24-28-55-50)36-15-5-2-6-16-36;/h1-32H;/q-2;+2. The molecule has 0 radical (unpaired) electrons. The van der Waals surface area contributed by atoms with E-state index in [0.717, 1.165) is 77.7 Å². The van der Waals surface area contributed by atoms with Crippen molar-refractivity contribution in [3.8, 4) is 55.9 Å². The molecule has 0 N–H and O–H groups in total. The molecule has 0 spiro atoms. The molecule has 10 aromatic rings. The SMILES string of the molecule is [Pt+2].[c-]1c(C2(c3[c-]c(-c4cc(-c5ccccc5)ccn4)c4ncccc4c3)c3ccccc3-c3ccccc32)cc2cccnc2c1-c1cc(-c2ccccc2)ccn1. The van der Waals surface area contributed by atoms with Gasteiger partial charge in [-0.05, 0) is 91.2 Å². The largest absolute Gasteiger partial charge is 2.00 e. The predicted octanol–water partition coefficient (Wildman–Crippen LogP) is 12.2. The summed E-state index contributed by atoms with van der Waals surface area (Å²) in [5, 5.41) is 2.02. The summed E-state index contributed by atoms with van der Waals surface area (Å²) >= 11 is 0. The molecule has 1 aliphatic carbocycles. The van der Waals surface area contributed by atoms with Crippen molar-refractivity contribution in [3.05, 3.63) is 229 Å². The molecule has 0 atom stereocenters. The van der Waals surface area contributed by atoms with E-state index in [9.17, 15) is 0 Å². The molecule has 1 aliphatic rings. The predicted molar refractivity (Wildman–Crippen MR) is 229 cm³/mol. The van der Waals surface area contributed by atoms with Crippen molar-refractivity contribution in [3.63, 3.8) is 0 Å². The number of hydrogen-bond acceptors (Lipinski definition) is 4. The average Bonchev–Trinajstić information content (AvgIpc) is 3.60. The molecule has 4 heterocycles. The zero-order valence-electron chi connectivity index (χ0n) is 31.1. The maximum absolute atomic E-state index is 4.97. The summed E-state index contributed by atoms with van der Waals surface area (Å²) in [5.41, 5.74) is 15.3. The Morgan fingerprint density at radius 2 is 0.793 bits per heavy atom. The number of aromatic nitrogens is 4. The van der Waals surface area contributed by atoms with Crippen LogP contribution in [-0.4, -0.2) is 19.9 Å². The fourth-order valence-electron chi connectivity index (χ4n) is 8.75. The molecule has 0 saturated carbocycles. The van der Waals surface area contributed by atoms with Gasteiger partial charge in [0.1, 0.15) is 0 Å². The van der Waals surface area contributed by atoms with Gasteiger partial charge >= 0.3 is 21.1 Å². The Balaban J connectivity index is 0.00000408. The Bertz CT molecular complexity index is 2930. The Morgan fingerprint density at radius 3 is 1.26 bits per heavy atom. The van der Waals surface area contributed by atoms with Gasteiger partial charge in [0.05, 0.1) is 0 Å². The van der Waals surface area contributed by atoms with Gasteiger partial charge in [-0.25, -0.2) is 0 Å². The minimum Gasteiger partial charge on any atom is -0.305 e. The molecule has 4 nitrogen and oxygen atoms in total. The molecule has 0 aliphatic heterocycles. The van der Waals surface area contributed by atoms with Crippen molar-refractivity contribution in [2.75, 3.05) is 0 Å². The molecule has 11 rings (SSSR count). The third-order valence-corrected chi connectivity index (χ3v) is 11.3. The molecule has 274 valence electrons. The van der Waals surface area contributed by atoms with E-state index in [1.807, 2.05) is 49.1 Å². The van der Waals surface area contributed by atoms with Crippen LogP contribution in [-0.2, 0) is 26.5 Å². The first kappa shape index (κ1) is 35.5. The summed E-state index contributed by atoms with van der Waals surface area (Å²) in [6, 6.07) is 67.6. The Labute approximate surface area is 351 Å². The summed E-state index contributed by atoms with van der Waals surface area (Å²) in [7, 11) is 0. The molecule has 0 unspecified atom stereocenters. The van der Waals surface area contributed by atoms with Crippen LogP contribution >= 0.6 is 0 Å². The van der Waals surface area contributed by atoms with E-state index < -0.39 is 5.41 Å². The van der Waals surface area contributed by atoms with Gasteiger partial charge in [-0.15, -0.1) is 35.4 Å². The summed E-state index contributed by atoms with van der Waals surface area (Å²) in [5.74, 6) is 0. The maximum Gasteiger partial charge on any atom is 2.00 e. The zero-order chi connectivity index (χ0) is 37.8. The molecule has 6 aromatic carbocycles. The van der Waals surface area contributed by atoms with Crippen LogP contribution in [0.1, 0.15) is 22.3 Å². The van der Waals surface area contributed by atoms with E-state index in [2.05, 4.69) is 158 Å². The first-order chi connectivity index (χ1) is 28.3. The maximum atomic E-state index is 4.97. The molecule has 4 aromatic heterocycles. The minimum absolute atomic E-state index is 0. The first-order valence-electron chi connectivity index (χ1n) is 19.1. The van der Waals surface area contributed by atoms with Crippen molar-refractivity contribution in [2.24, 2.45) is 0 Å². The quantitative estimate of drug-likeness (QED) is 0.156. The molecule has 58 heavy (non-hydrogen) atoms. The van der Waals surface area contributed by atoms with E-state index in [0.29, 0.717) is 0 Å². The van der Waals surface area contributed by atoms with Gasteiger partial charge in [-0.3, -0.25) is 0 Å². The normalized spacial score (nSPS) is 12.5. The number of fused-ring (bicyclic) bond motifs is 5. The van der Waals surface area contributed by atoms with E-state index in [-0.39, 0.29) is 21.1 Å². The van der Waals surface area contributed by atoms with Gasteiger partial charge in [-0.2, -0.15) is 0 Å². The number of hydrogen-bond donors (Lipinski definition) is 0. The molecular formula is C53H32N4Pt. The second kappa shape index (κ2) is 14.6. The van der Waals surface area contributed by atoms with Gasteiger partial charge in [0, 0.05) is 30.2 Å². The van der Waals surface area contributed by atoms with Crippen molar-refractivity contribution in [2.45, 2.75) is 5.41 Å². The monoisotopic (exact) mass is 919 g/mol. The fraction of sp³-hybridized carbons (Fsp3) is 0.0189. The Kier molecular flexibility index (Phi) is 8.93. The fourth-order valence-corrected chi connectivity index (χ4v) is 8.75. The van der Waals surface area contributed by atoms with Crippen molar-refractivity contribution in [1.82, 2.24) is 19.9 Å². The summed E-state index contributed by atoms with van der Waals surface area (Å²) in [6.45, 7) is 0. The second-order valence-electron chi connectivity index (χ2n) is 14.4. The number of pyridine rings is 4. The van der Waals surface area contributed by atoms with Gasteiger partial charge in [0.2, 0.25) is 0 Å². The van der Waals surface area contributed by atoms with Gasteiger partial charge < -0.3 is 19.9 Å². The zero-order valence-corrected chi connectivity index (χ0v) is 33.4. The van der Waals surface area contributed by atoms with Crippen LogP contribution in [0.15, 0.2) is 195 Å². The second-order valence-corrected chi connectivity index (χ2v) is 14.4. The number of rotatable bonds is 6. The summed E-state index contributed by atoms with van der Waals surface area (Å²) < 4.78 is 0. The summed E-state index contributed by atoms with van der Waals surface area (Å²) in [4.78, 5) is 19.8. The van der Waals surface area contributed by atoms with Crippen molar-refractivity contribution < 1.29 is 21.1 Å². The van der Waals surface area contributed by atoms with Crippen LogP contribution in [0.5, 0.6) is 0 Å². The van der Waals surface area contributed by atoms with Crippen LogP contribution in [0.25, 0.3) is 77.7 Å². The van der Waals surface area contributed by atoms with Crippen LogP contribution < -0.4 is 0 Å². The topological polar surface area (TPSA) is 51.6 Å². The number of nitrogens with zero attached hydrogens (tertiary/aromatic N) is 4. The molecule has 0 fully saturated rings. The third-order valence-electron chi connectivity index (χ3n) is 11.3. The van der Waals surface area contributed by atoms with E-state index >= 15 is 0 Å². The third kappa shape index (κ3) is 5.71. The average molecular weight is 920 g/mol. The van der Waals surface area contributed by atoms with Crippen LogP contribution in [0.2, 0.25) is 0 Å². The molecule has 5 heteroatoms.